The Hall–Kier alpha value is -2.26. The molecule has 2 rings (SSSR count). The number of carbonyl (C=O) groups excluding carboxylic acids is 1. The van der Waals surface area contributed by atoms with Gasteiger partial charge in [0.15, 0.2) is 5.16 Å². The molecule has 0 saturated carbocycles. The Bertz CT molecular complexity index is 778. The lowest BCUT2D eigenvalue weighted by Crippen LogP contribution is -2.35. The summed E-state index contributed by atoms with van der Waals surface area (Å²) >= 11 is 1.42. The summed E-state index contributed by atoms with van der Waals surface area (Å²) in [7, 11) is 0. The third-order valence-corrected chi connectivity index (χ3v) is 5.10. The lowest BCUT2D eigenvalue weighted by atomic mass is 10.1. The summed E-state index contributed by atoms with van der Waals surface area (Å²) in [6.45, 7) is 9.01. The van der Waals surface area contributed by atoms with Gasteiger partial charge in [0.05, 0.1) is 17.7 Å². The maximum absolute atomic E-state index is 12.4. The molecule has 1 aromatic heterocycles. The van der Waals surface area contributed by atoms with Crippen LogP contribution in [0, 0.1) is 31.1 Å². The summed E-state index contributed by atoms with van der Waals surface area (Å²) in [4.78, 5) is 18.5. The van der Waals surface area contributed by atoms with E-state index in [1.54, 1.807) is 11.1 Å². The monoisotopic (exact) mass is 356 g/mol. The molecule has 132 valence electrons. The lowest BCUT2D eigenvalue weighted by Gasteiger charge is -2.21. The Morgan fingerprint density at radius 1 is 1.40 bits per heavy atom. The van der Waals surface area contributed by atoms with Crippen LogP contribution < -0.4 is 0 Å². The Kier molecular flexibility index (Phi) is 6.65. The van der Waals surface area contributed by atoms with Crippen molar-refractivity contribution < 1.29 is 4.79 Å². The highest BCUT2D eigenvalue weighted by molar-refractivity contribution is 7.99. The van der Waals surface area contributed by atoms with Crippen LogP contribution in [0.15, 0.2) is 35.7 Å². The topological polar surface area (TPSA) is 61.9 Å². The Morgan fingerprint density at radius 2 is 2.16 bits per heavy atom. The van der Waals surface area contributed by atoms with Gasteiger partial charge in [0.2, 0.25) is 5.91 Å². The third-order valence-electron chi connectivity index (χ3n) is 4.15. The summed E-state index contributed by atoms with van der Waals surface area (Å²) in [5.41, 5.74) is 3.51. The predicted molar refractivity (Wildman–Crippen MR) is 101 cm³/mol. The van der Waals surface area contributed by atoms with Crippen molar-refractivity contribution in [3.8, 4) is 11.8 Å². The summed E-state index contributed by atoms with van der Waals surface area (Å²) < 4.78 is 2.00. The van der Waals surface area contributed by atoms with Crippen molar-refractivity contribution in [3.05, 3.63) is 41.7 Å². The highest BCUT2D eigenvalue weighted by Gasteiger charge is 2.16. The number of carbonyl (C=O) groups is 1. The highest BCUT2D eigenvalue weighted by Crippen LogP contribution is 2.22. The number of nitriles is 1. The minimum atomic E-state index is -0.161. The fraction of sp³-hybridized carbons (Fsp3) is 0.421. The summed E-state index contributed by atoms with van der Waals surface area (Å²) in [6.07, 6.45) is 3.66. The van der Waals surface area contributed by atoms with Crippen molar-refractivity contribution in [2.24, 2.45) is 5.92 Å². The second-order valence-corrected chi connectivity index (χ2v) is 7.04. The average Bonchev–Trinajstić information content (AvgIpc) is 3.08. The largest absolute Gasteiger partial charge is 0.341 e. The van der Waals surface area contributed by atoms with Crippen LogP contribution in [0.2, 0.25) is 0 Å². The Morgan fingerprint density at radius 3 is 2.80 bits per heavy atom. The van der Waals surface area contributed by atoms with Gasteiger partial charge in [-0.05, 0) is 51.0 Å². The first-order valence-corrected chi connectivity index (χ1v) is 9.36. The first-order chi connectivity index (χ1) is 12.0. The fourth-order valence-electron chi connectivity index (χ4n) is 2.46. The quantitative estimate of drug-likeness (QED) is 0.711. The number of amides is 1. The van der Waals surface area contributed by atoms with E-state index in [0.29, 0.717) is 18.8 Å². The normalized spacial score (nSPS) is 11.8. The molecule has 6 heteroatoms. The van der Waals surface area contributed by atoms with Crippen LogP contribution in [0.3, 0.4) is 0 Å². The standard InChI is InChI=1S/C19H24N4OS/c1-5-22(12-14(2)11-20)18(24)13-25-19-21-8-9-23(19)17-7-6-15(3)16(4)10-17/h6-10,14H,5,12-13H2,1-4H3. The first-order valence-electron chi connectivity index (χ1n) is 8.37. The highest BCUT2D eigenvalue weighted by atomic mass is 32.2. The number of aromatic nitrogens is 2. The van der Waals surface area contributed by atoms with Crippen molar-refractivity contribution in [3.63, 3.8) is 0 Å². The van der Waals surface area contributed by atoms with Crippen molar-refractivity contribution in [2.45, 2.75) is 32.9 Å². The van der Waals surface area contributed by atoms with E-state index >= 15 is 0 Å². The van der Waals surface area contributed by atoms with Crippen LogP contribution in [-0.2, 0) is 4.79 Å². The second kappa shape index (κ2) is 8.72. The molecular weight excluding hydrogens is 332 g/mol. The van der Waals surface area contributed by atoms with Crippen LogP contribution >= 0.6 is 11.8 Å². The first kappa shape index (κ1) is 19.1. The zero-order valence-electron chi connectivity index (χ0n) is 15.2. The number of benzene rings is 1. The van der Waals surface area contributed by atoms with Gasteiger partial charge >= 0.3 is 0 Å². The van der Waals surface area contributed by atoms with E-state index in [9.17, 15) is 4.79 Å². The van der Waals surface area contributed by atoms with Gasteiger partial charge in [0, 0.05) is 31.2 Å². The molecule has 0 bridgehead atoms. The number of hydrogen-bond donors (Lipinski definition) is 0. The maximum atomic E-state index is 12.4. The zero-order valence-corrected chi connectivity index (χ0v) is 16.0. The fourth-order valence-corrected chi connectivity index (χ4v) is 3.34. The number of imidazole rings is 1. The van der Waals surface area contributed by atoms with Crippen LogP contribution in [-0.4, -0.2) is 39.2 Å². The average molecular weight is 356 g/mol. The SMILES string of the molecule is CCN(CC(C)C#N)C(=O)CSc1nccn1-c1ccc(C)c(C)c1. The van der Waals surface area contributed by atoms with Crippen molar-refractivity contribution in [2.75, 3.05) is 18.8 Å². The molecule has 1 atom stereocenters. The second-order valence-electron chi connectivity index (χ2n) is 6.10. The molecule has 0 N–H and O–H groups in total. The van der Waals surface area contributed by atoms with E-state index in [0.717, 1.165) is 10.8 Å². The summed E-state index contributed by atoms with van der Waals surface area (Å²) in [5.74, 6) is 0.184. The van der Waals surface area contributed by atoms with E-state index < -0.39 is 0 Å². The van der Waals surface area contributed by atoms with E-state index in [-0.39, 0.29) is 11.8 Å². The molecule has 1 amide bonds. The molecule has 0 saturated heterocycles. The molecule has 0 aliphatic heterocycles. The molecule has 0 aliphatic carbocycles. The molecule has 25 heavy (non-hydrogen) atoms. The van der Waals surface area contributed by atoms with Gasteiger partial charge in [-0.15, -0.1) is 0 Å². The number of thioether (sulfide) groups is 1. The molecule has 1 heterocycles. The summed E-state index contributed by atoms with van der Waals surface area (Å²) in [6, 6.07) is 8.45. The minimum absolute atomic E-state index is 0.0317. The molecular formula is C19H24N4OS. The van der Waals surface area contributed by atoms with Gasteiger partial charge in [0.25, 0.3) is 0 Å². The molecule has 5 nitrogen and oxygen atoms in total. The van der Waals surface area contributed by atoms with Crippen LogP contribution in [0.4, 0.5) is 0 Å². The number of aryl methyl sites for hydroxylation is 2. The molecule has 1 aromatic carbocycles. The van der Waals surface area contributed by atoms with Gasteiger partial charge in [-0.2, -0.15) is 5.26 Å². The zero-order chi connectivity index (χ0) is 18.4. The van der Waals surface area contributed by atoms with Crippen LogP contribution in [0.5, 0.6) is 0 Å². The van der Waals surface area contributed by atoms with Crippen LogP contribution in [0.1, 0.15) is 25.0 Å². The van der Waals surface area contributed by atoms with E-state index in [2.05, 4.69) is 43.1 Å². The Labute approximate surface area is 153 Å². The molecule has 0 aliphatic rings. The minimum Gasteiger partial charge on any atom is -0.341 e. The van der Waals surface area contributed by atoms with Gasteiger partial charge in [-0.1, -0.05) is 17.8 Å². The molecule has 0 radical (unpaired) electrons. The number of rotatable bonds is 7. The summed E-state index contributed by atoms with van der Waals surface area (Å²) in [5, 5.41) is 9.73. The van der Waals surface area contributed by atoms with Crippen molar-refractivity contribution >= 4 is 17.7 Å². The number of nitrogens with zero attached hydrogens (tertiary/aromatic N) is 4. The molecule has 0 fully saturated rings. The van der Waals surface area contributed by atoms with E-state index in [1.165, 1.54) is 22.9 Å². The van der Waals surface area contributed by atoms with Gasteiger partial charge in [-0.25, -0.2) is 4.98 Å². The van der Waals surface area contributed by atoms with Gasteiger partial charge in [0.1, 0.15) is 0 Å². The lowest BCUT2D eigenvalue weighted by molar-refractivity contribution is -0.128. The smallest absolute Gasteiger partial charge is 0.233 e. The van der Waals surface area contributed by atoms with Crippen LogP contribution in [0.25, 0.3) is 5.69 Å². The van der Waals surface area contributed by atoms with Gasteiger partial charge in [-0.3, -0.25) is 9.36 Å². The van der Waals surface area contributed by atoms with E-state index in [1.807, 2.05) is 24.6 Å². The third kappa shape index (κ3) is 4.86. The molecule has 1 unspecified atom stereocenters. The van der Waals surface area contributed by atoms with E-state index in [4.69, 9.17) is 5.26 Å². The van der Waals surface area contributed by atoms with Gasteiger partial charge < -0.3 is 4.90 Å². The number of hydrogen-bond acceptors (Lipinski definition) is 4. The predicted octanol–water partition coefficient (Wildman–Crippen LogP) is 3.59. The maximum Gasteiger partial charge on any atom is 0.233 e. The van der Waals surface area contributed by atoms with Crippen molar-refractivity contribution in [1.29, 1.82) is 5.26 Å². The Balaban J connectivity index is 2.07. The van der Waals surface area contributed by atoms with Crippen molar-refractivity contribution in [1.82, 2.24) is 14.5 Å². The molecule has 0 spiro atoms. The molecule has 2 aromatic rings.